The van der Waals surface area contributed by atoms with E-state index in [-0.39, 0.29) is 18.0 Å². The van der Waals surface area contributed by atoms with Gasteiger partial charge in [0.15, 0.2) is 11.5 Å². The topological polar surface area (TPSA) is 61.2 Å². The summed E-state index contributed by atoms with van der Waals surface area (Å²) in [7, 11) is 1.86. The van der Waals surface area contributed by atoms with Crippen molar-refractivity contribution in [1.82, 2.24) is 20.3 Å². The van der Waals surface area contributed by atoms with Crippen LogP contribution in [0.4, 0.5) is 4.39 Å². The molecule has 0 saturated carbocycles. The number of aryl methyl sites for hydroxylation is 1. The molecule has 0 amide bonds. The molecule has 4 rings (SSSR count). The molecule has 2 aromatic carbocycles. The van der Waals surface area contributed by atoms with Crippen LogP contribution in [-0.4, -0.2) is 33.7 Å². The third-order valence-corrected chi connectivity index (χ3v) is 4.70. The predicted molar refractivity (Wildman–Crippen MR) is 98.1 cm³/mol. The highest BCUT2D eigenvalue weighted by atomic mass is 19.1. The van der Waals surface area contributed by atoms with Crippen molar-refractivity contribution in [2.45, 2.75) is 25.1 Å². The highest BCUT2D eigenvalue weighted by molar-refractivity contribution is 5.41. The third kappa shape index (κ3) is 4.09. The molecule has 1 aromatic heterocycles. The monoisotopic (exact) mass is 368 g/mol. The van der Waals surface area contributed by atoms with Crippen molar-refractivity contribution in [2.75, 3.05) is 6.61 Å². The smallest absolute Gasteiger partial charge is 0.161 e. The van der Waals surface area contributed by atoms with Gasteiger partial charge in [-0.2, -0.15) is 0 Å². The molecule has 0 fully saturated rings. The minimum atomic E-state index is -0.240. The number of aromatic nitrogens is 3. The number of hydrogen-bond acceptors (Lipinski definition) is 5. The number of rotatable bonds is 6. The maximum atomic E-state index is 13.2. The fourth-order valence-electron chi connectivity index (χ4n) is 3.15. The van der Waals surface area contributed by atoms with E-state index in [9.17, 15) is 4.39 Å². The minimum absolute atomic E-state index is 0.0290. The first-order valence-electron chi connectivity index (χ1n) is 8.89. The summed E-state index contributed by atoms with van der Waals surface area (Å²) in [6.07, 6.45) is 2.24. The van der Waals surface area contributed by atoms with Crippen LogP contribution in [0.25, 0.3) is 0 Å². The maximum absolute atomic E-state index is 13.2. The normalized spacial score (nSPS) is 16.9. The van der Waals surface area contributed by atoms with Crippen molar-refractivity contribution >= 4 is 0 Å². The lowest BCUT2D eigenvalue weighted by molar-refractivity contribution is 0.0611. The van der Waals surface area contributed by atoms with Crippen molar-refractivity contribution in [3.8, 4) is 11.5 Å². The van der Waals surface area contributed by atoms with Crippen molar-refractivity contribution in [3.05, 3.63) is 71.8 Å². The number of fused-ring (bicyclic) bond motifs is 1. The Balaban J connectivity index is 1.52. The van der Waals surface area contributed by atoms with Crippen molar-refractivity contribution in [2.24, 2.45) is 7.05 Å². The molecule has 2 unspecified atom stereocenters. The molecule has 0 bridgehead atoms. The highest BCUT2D eigenvalue weighted by Gasteiger charge is 2.29. The van der Waals surface area contributed by atoms with Crippen LogP contribution in [0, 0.1) is 5.82 Å². The minimum Gasteiger partial charge on any atom is -0.486 e. The van der Waals surface area contributed by atoms with Crippen LogP contribution in [-0.2, 0) is 20.0 Å². The maximum Gasteiger partial charge on any atom is 0.161 e. The van der Waals surface area contributed by atoms with Crippen molar-refractivity contribution in [1.29, 1.82) is 0 Å². The van der Waals surface area contributed by atoms with Crippen LogP contribution in [0.1, 0.15) is 11.3 Å². The van der Waals surface area contributed by atoms with E-state index < -0.39 is 0 Å². The van der Waals surface area contributed by atoms with Crippen molar-refractivity contribution < 1.29 is 13.9 Å². The van der Waals surface area contributed by atoms with Crippen LogP contribution < -0.4 is 14.8 Å². The van der Waals surface area contributed by atoms with E-state index in [1.54, 1.807) is 23.0 Å². The molecule has 0 saturated heterocycles. The van der Waals surface area contributed by atoms with Gasteiger partial charge in [0.25, 0.3) is 0 Å². The molecule has 6 nitrogen and oxygen atoms in total. The summed E-state index contributed by atoms with van der Waals surface area (Å²) in [6.45, 7) is 1.04. The largest absolute Gasteiger partial charge is 0.486 e. The molecule has 3 aromatic rings. The summed E-state index contributed by atoms with van der Waals surface area (Å²) < 4.78 is 27.0. The number of halogens is 1. The zero-order valence-corrected chi connectivity index (χ0v) is 15.0. The molecule has 1 N–H and O–H groups in total. The number of benzene rings is 2. The van der Waals surface area contributed by atoms with E-state index >= 15 is 0 Å². The van der Waals surface area contributed by atoms with E-state index in [0.717, 1.165) is 22.8 Å². The van der Waals surface area contributed by atoms with Gasteiger partial charge in [0, 0.05) is 13.6 Å². The van der Waals surface area contributed by atoms with Gasteiger partial charge in [-0.3, -0.25) is 4.68 Å². The SMILES string of the molecule is Cn1nncc1CNC(Cc1ccc(F)cc1)C1COc2ccccc2O1. The van der Waals surface area contributed by atoms with E-state index in [1.807, 2.05) is 31.3 Å². The van der Waals surface area contributed by atoms with Crippen LogP contribution >= 0.6 is 0 Å². The number of nitrogens with zero attached hydrogens (tertiary/aromatic N) is 3. The lowest BCUT2D eigenvalue weighted by atomic mass is 10.0. The fourth-order valence-corrected chi connectivity index (χ4v) is 3.15. The van der Waals surface area contributed by atoms with E-state index in [0.29, 0.717) is 19.6 Å². The van der Waals surface area contributed by atoms with Crippen LogP contribution in [0.2, 0.25) is 0 Å². The van der Waals surface area contributed by atoms with Crippen LogP contribution in [0.5, 0.6) is 11.5 Å². The molecule has 2 heterocycles. The summed E-state index contributed by atoms with van der Waals surface area (Å²) in [6, 6.07) is 14.2. The van der Waals surface area contributed by atoms with Gasteiger partial charge in [0.05, 0.1) is 17.9 Å². The lowest BCUT2D eigenvalue weighted by Gasteiger charge is -2.33. The summed E-state index contributed by atoms with van der Waals surface area (Å²) in [5, 5.41) is 11.4. The Bertz CT molecular complexity index is 897. The first-order valence-corrected chi connectivity index (χ1v) is 8.89. The zero-order chi connectivity index (χ0) is 18.6. The zero-order valence-electron chi connectivity index (χ0n) is 15.0. The number of para-hydroxylation sites is 2. The first kappa shape index (κ1) is 17.5. The molecule has 140 valence electrons. The molecule has 1 aliphatic heterocycles. The average Bonchev–Trinajstić information content (AvgIpc) is 3.11. The van der Waals surface area contributed by atoms with Crippen molar-refractivity contribution in [3.63, 3.8) is 0 Å². The average molecular weight is 368 g/mol. The molecule has 2 atom stereocenters. The number of nitrogens with one attached hydrogen (secondary N) is 1. The van der Waals surface area contributed by atoms with Gasteiger partial charge in [0.1, 0.15) is 18.5 Å². The van der Waals surface area contributed by atoms with E-state index in [1.165, 1.54) is 12.1 Å². The number of ether oxygens (including phenoxy) is 2. The highest BCUT2D eigenvalue weighted by Crippen LogP contribution is 2.32. The summed E-state index contributed by atoms with van der Waals surface area (Å²) in [5.41, 5.74) is 2.00. The fraction of sp³-hybridized carbons (Fsp3) is 0.300. The van der Waals surface area contributed by atoms with Crippen LogP contribution in [0.3, 0.4) is 0 Å². The quantitative estimate of drug-likeness (QED) is 0.724. The standard InChI is InChI=1S/C20H21FN4O2/c1-25-16(12-23-24-25)11-22-17(10-14-6-8-15(21)9-7-14)20-13-26-18-4-2-3-5-19(18)27-20/h2-9,12,17,20,22H,10-11,13H2,1H3. The molecule has 1 aliphatic rings. The van der Waals surface area contributed by atoms with Gasteiger partial charge < -0.3 is 14.8 Å². The molecule has 7 heteroatoms. The molecule has 0 aliphatic carbocycles. The Morgan fingerprint density at radius 2 is 1.96 bits per heavy atom. The second kappa shape index (κ2) is 7.75. The molecule has 0 radical (unpaired) electrons. The Labute approximate surface area is 156 Å². The Kier molecular flexibility index (Phi) is 5.02. The Morgan fingerprint density at radius 1 is 1.19 bits per heavy atom. The third-order valence-electron chi connectivity index (χ3n) is 4.70. The summed E-state index contributed by atoms with van der Waals surface area (Å²) >= 11 is 0. The predicted octanol–water partition coefficient (Wildman–Crippen LogP) is 2.50. The Morgan fingerprint density at radius 3 is 2.70 bits per heavy atom. The number of hydrogen-bond donors (Lipinski definition) is 1. The van der Waals surface area contributed by atoms with Gasteiger partial charge in [-0.25, -0.2) is 4.39 Å². The molecular formula is C20H21FN4O2. The van der Waals surface area contributed by atoms with E-state index in [4.69, 9.17) is 9.47 Å². The van der Waals surface area contributed by atoms with Gasteiger partial charge in [-0.15, -0.1) is 5.10 Å². The summed E-state index contributed by atoms with van der Waals surface area (Å²) in [4.78, 5) is 0. The van der Waals surface area contributed by atoms with Gasteiger partial charge in [-0.05, 0) is 36.2 Å². The Hall–Kier alpha value is -2.93. The molecule has 0 spiro atoms. The molecule has 27 heavy (non-hydrogen) atoms. The first-order chi connectivity index (χ1) is 13.2. The molecular weight excluding hydrogens is 347 g/mol. The van der Waals surface area contributed by atoms with Crippen LogP contribution in [0.15, 0.2) is 54.7 Å². The summed E-state index contributed by atoms with van der Waals surface area (Å²) in [5.74, 6) is 1.25. The second-order valence-electron chi connectivity index (χ2n) is 6.58. The van der Waals surface area contributed by atoms with Gasteiger partial charge >= 0.3 is 0 Å². The lowest BCUT2D eigenvalue weighted by Crippen LogP contribution is -2.49. The van der Waals surface area contributed by atoms with Gasteiger partial charge in [0.2, 0.25) is 0 Å². The van der Waals surface area contributed by atoms with E-state index in [2.05, 4.69) is 15.6 Å². The van der Waals surface area contributed by atoms with Gasteiger partial charge in [-0.1, -0.05) is 29.5 Å². The second-order valence-corrected chi connectivity index (χ2v) is 6.58.